The highest BCUT2D eigenvalue weighted by Gasteiger charge is 2.12. The fourth-order valence-electron chi connectivity index (χ4n) is 1.42. The number of carboxylic acids is 1. The van der Waals surface area contributed by atoms with Crippen molar-refractivity contribution in [3.8, 4) is 0 Å². The van der Waals surface area contributed by atoms with Crippen molar-refractivity contribution in [1.29, 1.82) is 0 Å². The van der Waals surface area contributed by atoms with E-state index in [1.165, 1.54) is 0 Å². The van der Waals surface area contributed by atoms with Gasteiger partial charge in [0.15, 0.2) is 0 Å². The van der Waals surface area contributed by atoms with Crippen molar-refractivity contribution in [2.75, 3.05) is 32.1 Å². The maximum absolute atomic E-state index is 11.5. The number of ether oxygens (including phenoxy) is 1. The van der Waals surface area contributed by atoms with Crippen LogP contribution in [0.5, 0.6) is 0 Å². The van der Waals surface area contributed by atoms with E-state index in [0.717, 1.165) is 18.6 Å². The maximum Gasteiger partial charge on any atom is 0.329 e. The van der Waals surface area contributed by atoms with Crippen LogP contribution in [0, 0.1) is 0 Å². The van der Waals surface area contributed by atoms with Crippen molar-refractivity contribution in [1.82, 2.24) is 10.6 Å². The van der Waals surface area contributed by atoms with E-state index < -0.39 is 25.1 Å². The van der Waals surface area contributed by atoms with E-state index in [0.29, 0.717) is 6.54 Å². The molecule has 0 rings (SSSR count). The van der Waals surface area contributed by atoms with Crippen LogP contribution < -0.4 is 10.6 Å². The number of amides is 2. The van der Waals surface area contributed by atoms with Gasteiger partial charge in [0.25, 0.3) is 0 Å². The van der Waals surface area contributed by atoms with Crippen LogP contribution >= 0.6 is 37.9 Å². The van der Waals surface area contributed by atoms with E-state index >= 15 is 0 Å². The fraction of sp³-hybridized carbons (Fsp3) is 0.750. The van der Waals surface area contributed by atoms with Gasteiger partial charge < -0.3 is 20.5 Å². The van der Waals surface area contributed by atoms with Crippen LogP contribution in [0.1, 0.15) is 12.8 Å². The monoisotopic (exact) mass is 370 g/mol. The quantitative estimate of drug-likeness (QED) is 0.263. The predicted octanol–water partition coefficient (Wildman–Crippen LogP) is -0.373. The Labute approximate surface area is 146 Å². The average molecular weight is 371 g/mol. The molecule has 0 spiro atoms. The molecule has 0 aliphatic rings. The summed E-state index contributed by atoms with van der Waals surface area (Å²) in [7, 11) is 0. The minimum absolute atomic E-state index is 0.0269. The lowest BCUT2D eigenvalue weighted by atomic mass is 10.2. The molecule has 0 aliphatic heterocycles. The minimum atomic E-state index is -1.16. The number of thiol groups is 3. The summed E-state index contributed by atoms with van der Waals surface area (Å²) in [5.74, 6) is -1.32. The van der Waals surface area contributed by atoms with Crippen molar-refractivity contribution in [3.63, 3.8) is 0 Å². The summed E-state index contributed by atoms with van der Waals surface area (Å²) in [5, 5.41) is 13.4. The van der Waals surface area contributed by atoms with E-state index in [-0.39, 0.29) is 23.0 Å². The lowest BCUT2D eigenvalue weighted by Gasteiger charge is -2.16. The minimum Gasteiger partial charge on any atom is -0.480 e. The Kier molecular flexibility index (Phi) is 12.6. The van der Waals surface area contributed by atoms with Crippen LogP contribution in [-0.2, 0) is 19.1 Å². The molecule has 22 heavy (non-hydrogen) atoms. The van der Waals surface area contributed by atoms with Crippen LogP contribution in [-0.4, -0.2) is 65.4 Å². The van der Waals surface area contributed by atoms with Gasteiger partial charge in [0.2, 0.25) is 11.8 Å². The molecular weight excluding hydrogens is 348 g/mol. The van der Waals surface area contributed by atoms with Gasteiger partial charge in [0.05, 0.1) is 6.54 Å². The summed E-state index contributed by atoms with van der Waals surface area (Å²) in [4.78, 5) is 32.9. The maximum atomic E-state index is 11.5. The summed E-state index contributed by atoms with van der Waals surface area (Å²) < 4.78 is 4.58. The molecule has 2 amide bonds. The molecule has 0 bridgehead atoms. The van der Waals surface area contributed by atoms with Gasteiger partial charge in [-0.1, -0.05) is 0 Å². The Morgan fingerprint density at radius 3 is 2.32 bits per heavy atom. The molecule has 0 aromatic carbocycles. The van der Waals surface area contributed by atoms with Gasteiger partial charge in [-0.2, -0.15) is 37.9 Å². The fourth-order valence-corrected chi connectivity index (χ4v) is 2.83. The number of carbonyl (C=O) groups excluding carboxylic acids is 2. The first-order valence-electron chi connectivity index (χ1n) is 6.65. The predicted molar refractivity (Wildman–Crippen MR) is 93.1 cm³/mol. The lowest BCUT2D eigenvalue weighted by molar-refractivity contribution is -0.143. The lowest BCUT2D eigenvalue weighted by Crippen LogP contribution is -2.40. The van der Waals surface area contributed by atoms with Crippen LogP contribution in [0.15, 0.2) is 0 Å². The molecule has 0 aromatic heterocycles. The first kappa shape index (κ1) is 21.4. The third kappa shape index (κ3) is 13.1. The molecule has 2 unspecified atom stereocenters. The first-order valence-corrected chi connectivity index (χ1v) is 8.31. The Morgan fingerprint density at radius 1 is 1.05 bits per heavy atom. The van der Waals surface area contributed by atoms with Gasteiger partial charge >= 0.3 is 5.97 Å². The smallest absolute Gasteiger partial charge is 0.329 e. The summed E-state index contributed by atoms with van der Waals surface area (Å²) in [6, 6.07) is 0. The molecule has 0 saturated heterocycles. The molecule has 0 radical (unpaired) electrons. The first-order chi connectivity index (χ1) is 10.3. The van der Waals surface area contributed by atoms with Crippen molar-refractivity contribution in [2.45, 2.75) is 23.3 Å². The summed E-state index contributed by atoms with van der Waals surface area (Å²) >= 11 is 12.9. The van der Waals surface area contributed by atoms with Crippen LogP contribution in [0.2, 0.25) is 0 Å². The molecule has 0 aliphatic carbocycles. The van der Waals surface area contributed by atoms with E-state index in [4.69, 9.17) is 5.11 Å². The number of hydrogen-bond donors (Lipinski definition) is 6. The van der Waals surface area contributed by atoms with E-state index in [2.05, 4.69) is 53.3 Å². The molecule has 0 fully saturated rings. The summed E-state index contributed by atoms with van der Waals surface area (Å²) in [5.41, 5.74) is 0. The second-order valence-corrected chi connectivity index (χ2v) is 6.43. The van der Waals surface area contributed by atoms with Gasteiger partial charge in [0, 0.05) is 17.0 Å². The van der Waals surface area contributed by atoms with E-state index in [9.17, 15) is 14.4 Å². The number of rotatable bonds is 12. The second kappa shape index (κ2) is 12.9. The van der Waals surface area contributed by atoms with Crippen molar-refractivity contribution in [3.05, 3.63) is 0 Å². The third-order valence-electron chi connectivity index (χ3n) is 2.45. The zero-order chi connectivity index (χ0) is 17.0. The number of nitrogens with one attached hydrogen (secondary N) is 2. The molecule has 2 atom stereocenters. The zero-order valence-corrected chi connectivity index (χ0v) is 14.7. The van der Waals surface area contributed by atoms with Crippen LogP contribution in [0.25, 0.3) is 0 Å². The van der Waals surface area contributed by atoms with Gasteiger partial charge in [-0.3, -0.25) is 9.59 Å². The Hall–Kier alpha value is -0.580. The Bertz CT molecular complexity index is 371. The van der Waals surface area contributed by atoms with Gasteiger partial charge in [-0.05, 0) is 18.6 Å². The topological polar surface area (TPSA) is 105 Å². The molecular formula is C12H22N2O5S3. The summed E-state index contributed by atoms with van der Waals surface area (Å²) in [6.45, 7) is -0.786. The molecule has 3 N–H and O–H groups in total. The molecule has 7 nitrogen and oxygen atoms in total. The molecule has 0 heterocycles. The highest BCUT2D eigenvalue weighted by atomic mass is 32.1. The van der Waals surface area contributed by atoms with E-state index in [1.54, 1.807) is 0 Å². The zero-order valence-electron chi connectivity index (χ0n) is 12.0. The highest BCUT2D eigenvalue weighted by Crippen LogP contribution is 2.13. The Balaban J connectivity index is 3.72. The molecule has 128 valence electrons. The SMILES string of the molecule is O=C(O)COCC(=O)NCC(=O)NCC(S)CC(S)CCS. The summed E-state index contributed by atoms with van der Waals surface area (Å²) in [6.07, 6.45) is 1.60. The second-order valence-electron chi connectivity index (χ2n) is 4.52. The van der Waals surface area contributed by atoms with Crippen LogP contribution in [0.4, 0.5) is 0 Å². The van der Waals surface area contributed by atoms with E-state index in [1.807, 2.05) is 0 Å². The largest absolute Gasteiger partial charge is 0.480 e. The number of hydrogen-bond acceptors (Lipinski definition) is 7. The van der Waals surface area contributed by atoms with Crippen LogP contribution in [0.3, 0.4) is 0 Å². The number of carboxylic acid groups (broad SMARTS) is 1. The number of aliphatic carboxylic acids is 1. The normalized spacial score (nSPS) is 13.2. The Morgan fingerprint density at radius 2 is 1.73 bits per heavy atom. The average Bonchev–Trinajstić information content (AvgIpc) is 2.42. The number of carbonyl (C=O) groups is 3. The van der Waals surface area contributed by atoms with Crippen molar-refractivity contribution >= 4 is 55.7 Å². The third-order valence-corrected chi connectivity index (χ3v) is 3.57. The molecule has 0 saturated carbocycles. The van der Waals surface area contributed by atoms with Crippen molar-refractivity contribution < 1.29 is 24.2 Å². The van der Waals surface area contributed by atoms with Gasteiger partial charge in [-0.25, -0.2) is 4.79 Å². The van der Waals surface area contributed by atoms with Crippen molar-refractivity contribution in [2.24, 2.45) is 0 Å². The van der Waals surface area contributed by atoms with Gasteiger partial charge in [0.1, 0.15) is 13.2 Å². The standard InChI is InChI=1S/C12H22N2O5S3/c15-10(5-14-11(16)6-19-7-12(17)18)13-4-9(22)3-8(21)1-2-20/h8-9,20-22H,1-7H2,(H,13,15)(H,14,16)(H,17,18). The molecule has 0 aromatic rings. The van der Waals surface area contributed by atoms with Gasteiger partial charge in [-0.15, -0.1) is 0 Å². The highest BCUT2D eigenvalue weighted by molar-refractivity contribution is 7.82. The molecule has 10 heteroatoms.